The zero-order valence-electron chi connectivity index (χ0n) is 53.6. The fraction of sp³-hybridized carbons (Fsp3) is 0.304. The van der Waals surface area contributed by atoms with Gasteiger partial charge in [0.15, 0.2) is 28.5 Å². The van der Waals surface area contributed by atoms with E-state index in [4.69, 9.17) is 27.8 Å². The first-order chi connectivity index (χ1) is 47.5. The highest BCUT2D eigenvalue weighted by Gasteiger charge is 2.37. The highest BCUT2D eigenvalue weighted by molar-refractivity contribution is 8.76. The molecule has 10 rings (SSSR count). The number of nitrogen functional groups attached to an aromatic ring is 1. The first-order valence-corrected chi connectivity index (χ1v) is 34.6. The average molecular weight is 1410 g/mol. The fourth-order valence-corrected chi connectivity index (χ4v) is 13.5. The molecule has 0 aliphatic carbocycles. The quantitative estimate of drug-likeness (QED) is 0.00850. The number of fused-ring (bicyclic) bond motifs is 6. The maximum absolute atomic E-state index is 14.0. The van der Waals surface area contributed by atoms with Crippen molar-refractivity contribution in [2.45, 2.75) is 83.2 Å². The van der Waals surface area contributed by atoms with E-state index >= 15 is 0 Å². The van der Waals surface area contributed by atoms with Crippen LogP contribution in [0, 0.1) is 11.8 Å². The molecular weight excluding hydrogens is 1340 g/mol. The highest BCUT2D eigenvalue weighted by atomic mass is 35.5. The number of nitrogens with two attached hydrogens (primary N) is 2. The lowest BCUT2D eigenvalue weighted by Gasteiger charge is -2.21. The number of H-pyrrole nitrogens is 3. The number of carbonyl (C=O) groups is 10. The number of hydrogen-bond donors (Lipinski definition) is 11. The van der Waals surface area contributed by atoms with Gasteiger partial charge in [0, 0.05) is 107 Å². The second-order valence-corrected chi connectivity index (χ2v) is 26.5. The van der Waals surface area contributed by atoms with Crippen molar-refractivity contribution in [2.75, 3.05) is 47.7 Å². The number of aryl methyl sites for hydroxylation is 2. The lowest BCUT2D eigenvalue weighted by molar-refractivity contribution is -0.144. The van der Waals surface area contributed by atoms with Crippen LogP contribution in [-0.2, 0) is 48.0 Å². The maximum Gasteiger partial charge on any atom is 0.412 e. The average Bonchev–Trinajstić information content (AvgIpc) is 1.60. The van der Waals surface area contributed by atoms with Gasteiger partial charge >= 0.3 is 24.0 Å². The number of alkyl halides is 1. The summed E-state index contributed by atoms with van der Waals surface area (Å²) in [6.07, 6.45) is -0.158. The molecule has 5 aromatic carbocycles. The number of rotatable bonds is 31. The smallest absolute Gasteiger partial charge is 0.412 e. The summed E-state index contributed by atoms with van der Waals surface area (Å²) in [7, 11) is 2.65. The number of carboxylic acids is 3. The molecule has 13 N–H and O–H groups in total. The Labute approximate surface area is 577 Å². The Morgan fingerprint density at radius 1 is 0.747 bits per heavy atom. The van der Waals surface area contributed by atoms with E-state index in [0.29, 0.717) is 66.1 Å². The van der Waals surface area contributed by atoms with E-state index < -0.39 is 96.2 Å². The Morgan fingerprint density at radius 2 is 1.44 bits per heavy atom. The van der Waals surface area contributed by atoms with Crippen molar-refractivity contribution < 1.29 is 68.0 Å². The van der Waals surface area contributed by atoms with E-state index in [2.05, 4.69) is 45.9 Å². The van der Waals surface area contributed by atoms with Crippen molar-refractivity contribution in [3.8, 4) is 5.75 Å². The molecule has 0 fully saturated rings. The number of aromatic nitrogens is 6. The molecule has 0 saturated carbocycles. The summed E-state index contributed by atoms with van der Waals surface area (Å²) < 4.78 is 5.68. The van der Waals surface area contributed by atoms with Crippen molar-refractivity contribution in [1.29, 1.82) is 0 Å². The Morgan fingerprint density at radius 3 is 2.15 bits per heavy atom. The number of amides is 4. The van der Waals surface area contributed by atoms with Crippen molar-refractivity contribution in [1.82, 2.24) is 45.9 Å². The van der Waals surface area contributed by atoms with E-state index in [1.54, 1.807) is 35.2 Å². The Bertz CT molecular complexity index is 4590. The van der Waals surface area contributed by atoms with Crippen LogP contribution in [0.25, 0.3) is 43.7 Å². The molecule has 1 aliphatic rings. The third kappa shape index (κ3) is 18.8. The minimum absolute atomic E-state index is 0.00829. The second kappa shape index (κ2) is 33.6. The Balaban J connectivity index is 0.000000236. The van der Waals surface area contributed by atoms with Crippen molar-refractivity contribution in [3.63, 3.8) is 0 Å². The summed E-state index contributed by atoms with van der Waals surface area (Å²) in [6.45, 7) is 4.07. The number of carbonyl (C=O) groups excluding carboxylic acids is 7. The number of nitrogens with one attached hydrogen (secondary N) is 6. The van der Waals surface area contributed by atoms with E-state index in [0.717, 1.165) is 49.3 Å². The van der Waals surface area contributed by atoms with Gasteiger partial charge in [-0.25, -0.2) is 14.8 Å². The lowest BCUT2D eigenvalue weighted by atomic mass is 9.93. The van der Waals surface area contributed by atoms with E-state index in [1.807, 2.05) is 92.7 Å². The molecule has 5 atom stereocenters. The number of anilines is 2. The largest absolute Gasteiger partial charge is 0.481 e. The molecule has 1 aliphatic heterocycles. The number of para-hydroxylation sites is 1. The molecule has 5 heterocycles. The third-order valence-electron chi connectivity index (χ3n) is 16.3. The molecule has 0 radical (unpaired) electrons. The maximum atomic E-state index is 14.0. The molecule has 0 saturated heterocycles. The van der Waals surface area contributed by atoms with E-state index in [-0.39, 0.29) is 71.7 Å². The van der Waals surface area contributed by atoms with Gasteiger partial charge in [0.1, 0.15) is 17.5 Å². The van der Waals surface area contributed by atoms with Gasteiger partial charge in [0.2, 0.25) is 17.8 Å². The summed E-state index contributed by atoms with van der Waals surface area (Å²) in [5, 5.41) is 39.2. The third-order valence-corrected chi connectivity index (χ3v) is 19.3. The summed E-state index contributed by atoms with van der Waals surface area (Å²) in [6, 6.07) is 30.2. The molecule has 0 spiro atoms. The topological polar surface area (TPSA) is 435 Å². The standard InChI is InChI=1S/C35H29ClN4O4.C34H42N8O11S2/c1-2-37-35(43)44-32-17-30-33(25-9-5-4-8-24(25)32)23(18-36)19-40(30)34(42)29-16-22-13-20(11-12-27(22)39-29)14-31(41)28-15-21-7-3-6-10-26(21)38-28;1-2-54-55-16-20(33(52)53)12-25(44)23(13-27(46)47)40-30(48)22(35)15-37-26(45)10-8-19(32(50)51)11-24(43)18-6-3-17(4-7-18)5-9-21-14-38-29-28(39-21)31(49)42-34(36)41-29/h3-13,15-17,23,38-39H,2,14,18-19H2,1H3,(H,37,43);3-4,6-7,14,19-20,22-23H,2,5,8-13,15-16,35H2,1H3,(H,37,45)(H,40,48)(H,46,47)(H,50,51)(H,52,53)(H3,36,38,41,42,49). The SMILES string of the molecule is CCNC(=O)Oc1cc2c(c3ccccc13)C(CCl)CN2C(=O)c1cc2cc(CC(=O)c3cc4ccccc4[nH]3)ccc2[nH]1.CCSSCC(CC(=O)C(CC(=O)O)NC(=O)C(N)CNC(=O)CCC(CC(=O)c1ccc(CCc2cnc3nc(N)[nH]c(=O)c3n2)cc1)C(=O)O)C(=O)O. The molecule has 99 heavy (non-hydrogen) atoms. The summed E-state index contributed by atoms with van der Waals surface area (Å²) in [5.74, 6) is -8.02. The van der Waals surface area contributed by atoms with Crippen molar-refractivity contribution in [2.24, 2.45) is 17.6 Å². The van der Waals surface area contributed by atoms with Crippen molar-refractivity contribution >= 4 is 148 Å². The first-order valence-electron chi connectivity index (χ1n) is 31.5. The molecule has 27 nitrogen and oxygen atoms in total. The summed E-state index contributed by atoms with van der Waals surface area (Å²) >= 11 is 6.44. The van der Waals surface area contributed by atoms with E-state index in [9.17, 15) is 68.1 Å². The number of ether oxygens (including phenoxy) is 1. The number of Topliss-reactive ketones (excluding diaryl/α,β-unsaturated/α-hetero) is 3. The molecule has 9 aromatic rings. The van der Waals surface area contributed by atoms with Crippen LogP contribution in [0.3, 0.4) is 0 Å². The van der Waals surface area contributed by atoms with Gasteiger partial charge in [0.25, 0.3) is 11.5 Å². The number of aliphatic carboxylic acids is 3. The van der Waals surface area contributed by atoms with Crippen molar-refractivity contribution in [3.05, 3.63) is 165 Å². The number of nitrogens with zero attached hydrogens (tertiary/aromatic N) is 4. The number of carboxylic acid groups (broad SMARTS) is 3. The second-order valence-electron chi connectivity index (χ2n) is 23.4. The van der Waals surface area contributed by atoms with E-state index in [1.165, 1.54) is 27.8 Å². The fourth-order valence-electron chi connectivity index (χ4n) is 11.3. The molecule has 4 aromatic heterocycles. The normalized spacial score (nSPS) is 13.7. The van der Waals surface area contributed by atoms with Crippen LogP contribution in [0.5, 0.6) is 5.75 Å². The number of halogens is 1. The zero-order valence-corrected chi connectivity index (χ0v) is 56.0. The highest BCUT2D eigenvalue weighted by Crippen LogP contribution is 2.46. The van der Waals surface area contributed by atoms with Crippen LogP contribution in [-0.4, -0.2) is 153 Å². The monoisotopic (exact) mass is 1410 g/mol. The minimum atomic E-state index is -1.56. The number of hydrogen-bond acceptors (Lipinski definition) is 19. The molecule has 5 unspecified atom stereocenters. The summed E-state index contributed by atoms with van der Waals surface area (Å²) in [4.78, 5) is 160. The van der Waals surface area contributed by atoms with Crippen LogP contribution < -0.4 is 42.6 Å². The van der Waals surface area contributed by atoms with Gasteiger partial charge in [-0.3, -0.25) is 52.9 Å². The molecule has 4 amide bonds. The van der Waals surface area contributed by atoms with Gasteiger partial charge in [-0.15, -0.1) is 11.6 Å². The predicted molar refractivity (Wildman–Crippen MR) is 375 cm³/mol. The Hall–Kier alpha value is -10.5. The number of benzene rings is 5. The lowest BCUT2D eigenvalue weighted by Crippen LogP contribution is -2.53. The summed E-state index contributed by atoms with van der Waals surface area (Å²) in [5.41, 5.74) is 17.9. The molecular formula is C69H71ClN12O15S2. The minimum Gasteiger partial charge on any atom is -0.481 e. The van der Waals surface area contributed by atoms with Gasteiger partial charge in [-0.1, -0.05) is 101 Å². The Kier molecular flexibility index (Phi) is 24.7. The van der Waals surface area contributed by atoms with Gasteiger partial charge in [-0.2, -0.15) is 4.98 Å². The molecule has 516 valence electrons. The van der Waals surface area contributed by atoms with Gasteiger partial charge in [-0.05, 0) is 78.6 Å². The molecule has 0 bridgehead atoms. The van der Waals surface area contributed by atoms with Gasteiger partial charge < -0.3 is 62.3 Å². The number of aromatic amines is 3. The van der Waals surface area contributed by atoms with Crippen LogP contribution in [0.15, 0.2) is 120 Å². The van der Waals surface area contributed by atoms with Crippen LogP contribution in [0.1, 0.15) is 106 Å². The van der Waals surface area contributed by atoms with Crippen LogP contribution in [0.2, 0.25) is 0 Å². The zero-order chi connectivity index (χ0) is 71.0. The van der Waals surface area contributed by atoms with Gasteiger partial charge in [0.05, 0.1) is 47.6 Å². The predicted octanol–water partition coefficient (Wildman–Crippen LogP) is 7.92. The van der Waals surface area contributed by atoms with Crippen LogP contribution in [0.4, 0.5) is 16.4 Å². The first kappa shape index (κ1) is 72.8. The van der Waals surface area contributed by atoms with Crippen LogP contribution >= 0.6 is 33.2 Å². The number of ketones is 3. The molecule has 30 heteroatoms.